The standard InChI is InChI=1S/C15H24O.C6H5N3/c1-2-3-4-5-6-7-8-11-14-12-9-10-13-15(14)16;1-2-4-6-5(3-1)7-9-8-6/h9-10,12-13,16H,2-8,11H2,1H3;1-4H,(H,7,8,9). The second-order valence-electron chi connectivity index (χ2n) is 6.31. The largest absolute Gasteiger partial charge is 0.508 e. The second kappa shape index (κ2) is 11.2. The number of benzene rings is 2. The Morgan fingerprint density at radius 1 is 0.760 bits per heavy atom. The van der Waals surface area contributed by atoms with Crippen molar-refractivity contribution in [3.05, 3.63) is 54.1 Å². The van der Waals surface area contributed by atoms with Crippen LogP contribution in [0, 0.1) is 0 Å². The van der Waals surface area contributed by atoms with Crippen molar-refractivity contribution < 1.29 is 5.11 Å². The number of phenolic OH excluding ortho intramolecular Hbond substituents is 1. The van der Waals surface area contributed by atoms with Crippen LogP contribution in [-0.2, 0) is 6.42 Å². The number of aromatic nitrogens is 3. The van der Waals surface area contributed by atoms with Gasteiger partial charge in [0.15, 0.2) is 0 Å². The zero-order valence-corrected chi connectivity index (χ0v) is 15.1. The zero-order chi connectivity index (χ0) is 17.7. The summed E-state index contributed by atoms with van der Waals surface area (Å²) in [7, 11) is 0. The quantitative estimate of drug-likeness (QED) is 0.522. The minimum absolute atomic E-state index is 0.452. The Morgan fingerprint density at radius 3 is 1.96 bits per heavy atom. The van der Waals surface area contributed by atoms with E-state index in [-0.39, 0.29) is 0 Å². The van der Waals surface area contributed by atoms with Crippen molar-refractivity contribution in [3.63, 3.8) is 0 Å². The van der Waals surface area contributed by atoms with Crippen molar-refractivity contribution in [2.75, 3.05) is 0 Å². The van der Waals surface area contributed by atoms with Crippen molar-refractivity contribution >= 4 is 11.0 Å². The number of rotatable bonds is 8. The van der Waals surface area contributed by atoms with Gasteiger partial charge in [0, 0.05) is 0 Å². The van der Waals surface area contributed by atoms with Gasteiger partial charge in [-0.15, -0.1) is 0 Å². The van der Waals surface area contributed by atoms with Gasteiger partial charge in [0.25, 0.3) is 0 Å². The van der Waals surface area contributed by atoms with Gasteiger partial charge in [-0.25, -0.2) is 0 Å². The molecule has 25 heavy (non-hydrogen) atoms. The Balaban J connectivity index is 0.000000208. The average molecular weight is 339 g/mol. The number of phenols is 1. The fraction of sp³-hybridized carbons (Fsp3) is 0.429. The molecule has 1 aromatic heterocycles. The molecule has 0 fully saturated rings. The van der Waals surface area contributed by atoms with E-state index in [1.807, 2.05) is 42.5 Å². The molecule has 2 N–H and O–H groups in total. The minimum atomic E-state index is 0.452. The highest BCUT2D eigenvalue weighted by Gasteiger charge is 1.98. The summed E-state index contributed by atoms with van der Waals surface area (Å²) in [5, 5.41) is 19.9. The molecular formula is C21H29N3O. The molecule has 0 atom stereocenters. The Kier molecular flexibility index (Phi) is 8.53. The van der Waals surface area contributed by atoms with Gasteiger partial charge in [-0.3, -0.25) is 0 Å². The van der Waals surface area contributed by atoms with E-state index >= 15 is 0 Å². The van der Waals surface area contributed by atoms with Crippen LogP contribution < -0.4 is 0 Å². The van der Waals surface area contributed by atoms with Crippen LogP contribution >= 0.6 is 0 Å². The average Bonchev–Trinajstić information content (AvgIpc) is 3.12. The first-order valence-corrected chi connectivity index (χ1v) is 9.33. The highest BCUT2D eigenvalue weighted by Crippen LogP contribution is 2.18. The van der Waals surface area contributed by atoms with Gasteiger partial charge in [0.2, 0.25) is 0 Å². The first kappa shape index (κ1) is 19.0. The molecule has 0 saturated carbocycles. The lowest BCUT2D eigenvalue weighted by Crippen LogP contribution is -1.87. The summed E-state index contributed by atoms with van der Waals surface area (Å²) in [5.74, 6) is 0.452. The first-order valence-electron chi connectivity index (χ1n) is 9.33. The lowest BCUT2D eigenvalue weighted by molar-refractivity contribution is 0.466. The molecule has 3 rings (SSSR count). The van der Waals surface area contributed by atoms with Crippen molar-refractivity contribution in [2.45, 2.75) is 58.3 Å². The van der Waals surface area contributed by atoms with Crippen molar-refractivity contribution in [1.82, 2.24) is 15.4 Å². The van der Waals surface area contributed by atoms with Gasteiger partial charge < -0.3 is 5.11 Å². The Hall–Kier alpha value is -2.36. The number of fused-ring (bicyclic) bond motifs is 1. The summed E-state index contributed by atoms with van der Waals surface area (Å²) in [5.41, 5.74) is 2.92. The monoisotopic (exact) mass is 339 g/mol. The van der Waals surface area contributed by atoms with Crippen LogP contribution in [-0.4, -0.2) is 20.5 Å². The number of aromatic hydroxyl groups is 1. The molecule has 0 aliphatic carbocycles. The van der Waals surface area contributed by atoms with Gasteiger partial charge in [0.05, 0.1) is 0 Å². The maximum absolute atomic E-state index is 9.58. The maximum Gasteiger partial charge on any atom is 0.118 e. The fourth-order valence-electron chi connectivity index (χ4n) is 2.78. The van der Waals surface area contributed by atoms with Crippen molar-refractivity contribution in [2.24, 2.45) is 0 Å². The maximum atomic E-state index is 9.58. The molecule has 134 valence electrons. The summed E-state index contributed by atoms with van der Waals surface area (Å²) in [6, 6.07) is 15.4. The third-order valence-corrected chi connectivity index (χ3v) is 4.26. The molecule has 0 bridgehead atoms. The molecule has 0 saturated heterocycles. The van der Waals surface area contributed by atoms with E-state index in [1.54, 1.807) is 6.07 Å². The van der Waals surface area contributed by atoms with Crippen LogP contribution in [0.2, 0.25) is 0 Å². The van der Waals surface area contributed by atoms with Crippen LogP contribution in [0.4, 0.5) is 0 Å². The van der Waals surface area contributed by atoms with Gasteiger partial charge >= 0.3 is 0 Å². The summed E-state index contributed by atoms with van der Waals surface area (Å²) >= 11 is 0. The number of nitrogens with zero attached hydrogens (tertiary/aromatic N) is 2. The second-order valence-corrected chi connectivity index (χ2v) is 6.31. The smallest absolute Gasteiger partial charge is 0.118 e. The van der Waals surface area contributed by atoms with Crippen LogP contribution in [0.15, 0.2) is 48.5 Å². The lowest BCUT2D eigenvalue weighted by atomic mass is 10.0. The van der Waals surface area contributed by atoms with Gasteiger partial charge in [-0.2, -0.15) is 15.4 Å². The number of aromatic amines is 1. The van der Waals surface area contributed by atoms with E-state index in [0.29, 0.717) is 5.75 Å². The molecule has 0 spiro atoms. The Bertz CT molecular complexity index is 693. The van der Waals surface area contributed by atoms with E-state index in [9.17, 15) is 5.11 Å². The zero-order valence-electron chi connectivity index (χ0n) is 15.1. The number of aryl methyl sites for hydroxylation is 1. The molecule has 0 aliphatic heterocycles. The molecule has 0 amide bonds. The van der Waals surface area contributed by atoms with E-state index in [1.165, 1.54) is 44.9 Å². The molecule has 4 nitrogen and oxygen atoms in total. The summed E-state index contributed by atoms with van der Waals surface area (Å²) in [6.45, 7) is 2.25. The predicted molar refractivity (Wildman–Crippen MR) is 104 cm³/mol. The predicted octanol–water partition coefficient (Wildman–Crippen LogP) is 5.64. The lowest BCUT2D eigenvalue weighted by Gasteiger charge is -2.04. The van der Waals surface area contributed by atoms with E-state index in [2.05, 4.69) is 22.3 Å². The molecular weight excluding hydrogens is 310 g/mol. The van der Waals surface area contributed by atoms with Crippen molar-refractivity contribution in [1.29, 1.82) is 0 Å². The molecule has 3 aromatic rings. The molecule has 1 heterocycles. The highest BCUT2D eigenvalue weighted by molar-refractivity contribution is 5.72. The summed E-state index contributed by atoms with van der Waals surface area (Å²) < 4.78 is 0. The molecule has 4 heteroatoms. The summed E-state index contributed by atoms with van der Waals surface area (Å²) in [4.78, 5) is 0. The van der Waals surface area contributed by atoms with Gasteiger partial charge in [-0.1, -0.05) is 75.8 Å². The number of nitrogens with one attached hydrogen (secondary N) is 1. The number of unbranched alkanes of at least 4 members (excludes halogenated alkanes) is 6. The first-order chi connectivity index (χ1) is 12.3. The van der Waals surface area contributed by atoms with E-state index in [4.69, 9.17) is 0 Å². The third-order valence-electron chi connectivity index (χ3n) is 4.26. The Morgan fingerprint density at radius 2 is 1.32 bits per heavy atom. The minimum Gasteiger partial charge on any atom is -0.508 e. The topological polar surface area (TPSA) is 61.8 Å². The van der Waals surface area contributed by atoms with E-state index in [0.717, 1.165) is 23.0 Å². The van der Waals surface area contributed by atoms with Crippen LogP contribution in [0.5, 0.6) is 5.75 Å². The molecule has 2 aromatic carbocycles. The van der Waals surface area contributed by atoms with Crippen molar-refractivity contribution in [3.8, 4) is 5.75 Å². The molecule has 0 unspecified atom stereocenters. The van der Waals surface area contributed by atoms with Crippen LogP contribution in [0.25, 0.3) is 11.0 Å². The van der Waals surface area contributed by atoms with Crippen LogP contribution in [0.3, 0.4) is 0 Å². The molecule has 0 radical (unpaired) electrons. The van der Waals surface area contributed by atoms with Gasteiger partial charge in [-0.05, 0) is 36.6 Å². The van der Waals surface area contributed by atoms with Gasteiger partial charge in [0.1, 0.15) is 16.8 Å². The Labute approximate surface area is 150 Å². The third kappa shape index (κ3) is 6.96. The normalized spacial score (nSPS) is 10.4. The number of H-pyrrole nitrogens is 1. The number of hydrogen-bond donors (Lipinski definition) is 2. The van der Waals surface area contributed by atoms with Crippen LogP contribution in [0.1, 0.15) is 57.4 Å². The number of hydrogen-bond acceptors (Lipinski definition) is 3. The summed E-state index contributed by atoms with van der Waals surface area (Å²) in [6.07, 6.45) is 10.3. The molecule has 0 aliphatic rings. The highest BCUT2D eigenvalue weighted by atomic mass is 16.3. The SMILES string of the molecule is CCCCCCCCCc1ccccc1O.c1ccc2n[nH]nc2c1. The van der Waals surface area contributed by atoms with E-state index < -0.39 is 0 Å². The fourth-order valence-corrected chi connectivity index (χ4v) is 2.78. The number of para-hydroxylation sites is 3.